The van der Waals surface area contributed by atoms with Crippen LogP contribution in [0.2, 0.25) is 0 Å². The van der Waals surface area contributed by atoms with E-state index in [1.165, 1.54) is 6.26 Å². The van der Waals surface area contributed by atoms with Gasteiger partial charge in [-0.15, -0.1) is 0 Å². The highest BCUT2D eigenvalue weighted by Gasteiger charge is 2.18. The van der Waals surface area contributed by atoms with Gasteiger partial charge in [0.1, 0.15) is 0 Å². The van der Waals surface area contributed by atoms with Crippen molar-refractivity contribution in [1.29, 1.82) is 0 Å². The highest BCUT2D eigenvalue weighted by atomic mass is 16.3. The van der Waals surface area contributed by atoms with E-state index in [1.807, 2.05) is 0 Å². The van der Waals surface area contributed by atoms with Crippen molar-refractivity contribution in [1.82, 2.24) is 10.3 Å². The summed E-state index contributed by atoms with van der Waals surface area (Å²) in [6.45, 7) is 5.66. The lowest BCUT2D eigenvalue weighted by atomic mass is 10.2. The van der Waals surface area contributed by atoms with Crippen molar-refractivity contribution in [3.05, 3.63) is 23.7 Å². The summed E-state index contributed by atoms with van der Waals surface area (Å²) < 4.78 is 5.13. The number of aliphatic hydroxyl groups is 1. The Balaban J connectivity index is 2.74. The second kappa shape index (κ2) is 7.15. The lowest BCUT2D eigenvalue weighted by Gasteiger charge is -2.25. The average Bonchev–Trinajstić information content (AvgIpc) is 2.81. The summed E-state index contributed by atoms with van der Waals surface area (Å²) in [6, 6.07) is 2.08. The van der Waals surface area contributed by atoms with Crippen LogP contribution in [0.15, 0.2) is 16.7 Å². The molecule has 1 amide bonds. The highest BCUT2D eigenvalue weighted by Crippen LogP contribution is 2.15. The summed E-state index contributed by atoms with van der Waals surface area (Å²) >= 11 is 0. The molecule has 0 saturated carbocycles. The quantitative estimate of drug-likeness (QED) is 0.374. The monoisotopic (exact) mass is 255 g/mol. The van der Waals surface area contributed by atoms with Crippen LogP contribution in [0.3, 0.4) is 0 Å². The topological polar surface area (TPSA) is 91.7 Å². The largest absolute Gasteiger partial charge is 0.459 e. The Labute approximate surface area is 107 Å². The third kappa shape index (κ3) is 3.83. The lowest BCUT2D eigenvalue weighted by Crippen LogP contribution is -2.34. The zero-order chi connectivity index (χ0) is 13.5. The molecule has 0 bridgehead atoms. The number of nitrogens with zero attached hydrogens (tertiary/aromatic N) is 1. The maximum atomic E-state index is 11.5. The minimum absolute atomic E-state index is 0.157. The zero-order valence-corrected chi connectivity index (χ0v) is 10.8. The predicted octanol–water partition coefficient (Wildman–Crippen LogP) is 0.476. The Bertz CT molecular complexity index is 376. The van der Waals surface area contributed by atoms with Crippen LogP contribution in [0.25, 0.3) is 0 Å². The van der Waals surface area contributed by atoms with E-state index in [-0.39, 0.29) is 12.4 Å². The second-order valence-corrected chi connectivity index (χ2v) is 4.39. The molecular weight excluding hydrogens is 234 g/mol. The van der Waals surface area contributed by atoms with E-state index in [9.17, 15) is 4.79 Å². The van der Waals surface area contributed by atoms with Gasteiger partial charge in [0.2, 0.25) is 0 Å². The van der Waals surface area contributed by atoms with E-state index in [0.29, 0.717) is 19.0 Å². The summed E-state index contributed by atoms with van der Waals surface area (Å²) in [5.41, 5.74) is 2.86. The maximum absolute atomic E-state index is 11.5. The predicted molar refractivity (Wildman–Crippen MR) is 67.6 cm³/mol. The molecule has 6 heteroatoms. The van der Waals surface area contributed by atoms with Crippen molar-refractivity contribution < 1.29 is 14.3 Å². The standard InChI is InChI=1S/C12H21N3O3/c1-9(2)15(5-3-6-16)8-10-4-7-18-11(10)12(17)14-13/h4,7,9,16H,3,5-6,8,13H2,1-2H3,(H,14,17). The van der Waals surface area contributed by atoms with Gasteiger partial charge >= 0.3 is 5.91 Å². The summed E-state index contributed by atoms with van der Waals surface area (Å²) in [7, 11) is 0. The van der Waals surface area contributed by atoms with Crippen LogP contribution in [-0.4, -0.2) is 35.1 Å². The SMILES string of the molecule is CC(C)N(CCCO)Cc1ccoc1C(=O)NN. The number of carbonyl (C=O) groups is 1. The number of aliphatic hydroxyl groups excluding tert-OH is 1. The van der Waals surface area contributed by atoms with Crippen LogP contribution in [0.5, 0.6) is 0 Å². The molecule has 0 radical (unpaired) electrons. The van der Waals surface area contributed by atoms with Crippen molar-refractivity contribution in [2.45, 2.75) is 32.9 Å². The number of hydrogen-bond donors (Lipinski definition) is 3. The van der Waals surface area contributed by atoms with E-state index >= 15 is 0 Å². The fourth-order valence-electron chi connectivity index (χ4n) is 1.74. The molecule has 0 atom stereocenters. The first-order chi connectivity index (χ1) is 8.60. The minimum atomic E-state index is -0.430. The third-order valence-corrected chi connectivity index (χ3v) is 2.79. The molecule has 0 unspecified atom stereocenters. The zero-order valence-electron chi connectivity index (χ0n) is 10.8. The Morgan fingerprint density at radius 1 is 1.61 bits per heavy atom. The summed E-state index contributed by atoms with van der Waals surface area (Å²) in [5.74, 6) is 4.91. The number of nitrogens with one attached hydrogen (secondary N) is 1. The van der Waals surface area contributed by atoms with Gasteiger partial charge in [-0.2, -0.15) is 0 Å². The molecule has 18 heavy (non-hydrogen) atoms. The van der Waals surface area contributed by atoms with Gasteiger partial charge in [-0.3, -0.25) is 15.1 Å². The minimum Gasteiger partial charge on any atom is -0.459 e. The van der Waals surface area contributed by atoms with Crippen LogP contribution in [-0.2, 0) is 6.54 Å². The first kappa shape index (κ1) is 14.7. The van der Waals surface area contributed by atoms with E-state index < -0.39 is 5.91 Å². The molecule has 6 nitrogen and oxygen atoms in total. The van der Waals surface area contributed by atoms with Gasteiger partial charge in [-0.05, 0) is 26.3 Å². The van der Waals surface area contributed by atoms with Crippen molar-refractivity contribution in [2.75, 3.05) is 13.2 Å². The molecule has 1 rings (SSSR count). The fourth-order valence-corrected chi connectivity index (χ4v) is 1.74. The summed E-state index contributed by atoms with van der Waals surface area (Å²) in [6.07, 6.45) is 2.18. The van der Waals surface area contributed by atoms with Crippen molar-refractivity contribution in [3.8, 4) is 0 Å². The number of hydrogen-bond acceptors (Lipinski definition) is 5. The molecule has 0 saturated heterocycles. The molecule has 4 N–H and O–H groups in total. The molecular formula is C12H21N3O3. The molecule has 0 aliphatic heterocycles. The first-order valence-electron chi connectivity index (χ1n) is 6.02. The Hall–Kier alpha value is -1.37. The molecule has 1 aromatic heterocycles. The summed E-state index contributed by atoms with van der Waals surface area (Å²) in [5, 5.41) is 8.88. The van der Waals surface area contributed by atoms with Gasteiger partial charge in [0.05, 0.1) is 6.26 Å². The Morgan fingerprint density at radius 3 is 2.89 bits per heavy atom. The molecule has 1 heterocycles. The van der Waals surface area contributed by atoms with Crippen molar-refractivity contribution in [3.63, 3.8) is 0 Å². The number of furan rings is 1. The molecule has 0 aliphatic carbocycles. The van der Waals surface area contributed by atoms with Gasteiger partial charge in [0.25, 0.3) is 0 Å². The van der Waals surface area contributed by atoms with Gasteiger partial charge in [-0.1, -0.05) is 0 Å². The van der Waals surface area contributed by atoms with Crippen LogP contribution in [0, 0.1) is 0 Å². The summed E-state index contributed by atoms with van der Waals surface area (Å²) in [4.78, 5) is 13.6. The first-order valence-corrected chi connectivity index (χ1v) is 6.02. The molecule has 0 spiro atoms. The molecule has 0 aromatic carbocycles. The van der Waals surface area contributed by atoms with E-state index in [1.54, 1.807) is 6.07 Å². The Kier molecular flexibility index (Phi) is 5.84. The Morgan fingerprint density at radius 2 is 2.33 bits per heavy atom. The van der Waals surface area contributed by atoms with Gasteiger partial charge in [0.15, 0.2) is 5.76 Å². The normalized spacial score (nSPS) is 11.2. The smallest absolute Gasteiger partial charge is 0.301 e. The number of hydrazine groups is 1. The fraction of sp³-hybridized carbons (Fsp3) is 0.583. The average molecular weight is 255 g/mol. The number of nitrogens with two attached hydrogens (primary N) is 1. The second-order valence-electron chi connectivity index (χ2n) is 4.39. The maximum Gasteiger partial charge on any atom is 0.301 e. The van der Waals surface area contributed by atoms with Crippen LogP contribution in [0.4, 0.5) is 0 Å². The van der Waals surface area contributed by atoms with Crippen LogP contribution >= 0.6 is 0 Å². The van der Waals surface area contributed by atoms with Gasteiger partial charge in [-0.25, -0.2) is 5.84 Å². The molecule has 0 aliphatic rings. The van der Waals surface area contributed by atoms with Crippen molar-refractivity contribution >= 4 is 5.91 Å². The van der Waals surface area contributed by atoms with E-state index in [0.717, 1.165) is 12.1 Å². The molecule has 1 aromatic rings. The number of amides is 1. The lowest BCUT2D eigenvalue weighted by molar-refractivity contribution is 0.0921. The van der Waals surface area contributed by atoms with Gasteiger partial charge < -0.3 is 9.52 Å². The number of rotatable bonds is 7. The highest BCUT2D eigenvalue weighted by molar-refractivity contribution is 5.92. The van der Waals surface area contributed by atoms with Crippen molar-refractivity contribution in [2.24, 2.45) is 5.84 Å². The van der Waals surface area contributed by atoms with E-state index in [2.05, 4.69) is 24.2 Å². The third-order valence-electron chi connectivity index (χ3n) is 2.79. The van der Waals surface area contributed by atoms with Crippen LogP contribution in [0.1, 0.15) is 36.4 Å². The molecule has 102 valence electrons. The van der Waals surface area contributed by atoms with E-state index in [4.69, 9.17) is 15.4 Å². The molecule has 0 fully saturated rings. The number of nitrogen functional groups attached to an aromatic ring is 1. The van der Waals surface area contributed by atoms with Gasteiger partial charge in [0, 0.05) is 31.3 Å². The number of carbonyl (C=O) groups excluding carboxylic acids is 1. The van der Waals surface area contributed by atoms with Crippen LogP contribution < -0.4 is 11.3 Å².